The lowest BCUT2D eigenvalue weighted by molar-refractivity contribution is 0.0395. The number of ether oxygens (including phenoxy) is 2. The molecule has 1 atom stereocenters. The molecule has 0 spiro atoms. The van der Waals surface area contributed by atoms with Gasteiger partial charge in [0.25, 0.3) is 0 Å². The molecule has 2 nitrogen and oxygen atoms in total. The van der Waals surface area contributed by atoms with E-state index in [9.17, 15) is 0 Å². The van der Waals surface area contributed by atoms with E-state index in [1.54, 1.807) is 0 Å². The molecule has 0 aromatic heterocycles. The molecule has 0 N–H and O–H groups in total. The predicted molar refractivity (Wildman–Crippen MR) is 65.3 cm³/mol. The van der Waals surface area contributed by atoms with Crippen LogP contribution < -0.4 is 0 Å². The molecular weight excluding hydrogens is 188 g/mol. The Hall–Kier alpha value is -0.0800. The maximum atomic E-state index is 5.80. The average molecular weight is 216 g/mol. The van der Waals surface area contributed by atoms with Crippen molar-refractivity contribution in [2.45, 2.75) is 65.4 Å². The van der Waals surface area contributed by atoms with Crippen molar-refractivity contribution in [3.8, 4) is 0 Å². The van der Waals surface area contributed by atoms with E-state index < -0.39 is 0 Å². The Morgan fingerprint density at radius 1 is 0.933 bits per heavy atom. The Labute approximate surface area is 95.3 Å². The summed E-state index contributed by atoms with van der Waals surface area (Å²) in [5, 5.41) is 0. The van der Waals surface area contributed by atoms with E-state index in [2.05, 4.69) is 13.8 Å². The van der Waals surface area contributed by atoms with Crippen molar-refractivity contribution in [1.29, 1.82) is 0 Å². The molecule has 0 saturated carbocycles. The van der Waals surface area contributed by atoms with Gasteiger partial charge in [-0.3, -0.25) is 0 Å². The Kier molecular flexibility index (Phi) is 11.9. The molecule has 15 heavy (non-hydrogen) atoms. The van der Waals surface area contributed by atoms with Crippen LogP contribution in [0.15, 0.2) is 0 Å². The molecule has 1 unspecified atom stereocenters. The van der Waals surface area contributed by atoms with Gasteiger partial charge < -0.3 is 9.47 Å². The van der Waals surface area contributed by atoms with Crippen LogP contribution in [0.5, 0.6) is 0 Å². The van der Waals surface area contributed by atoms with Gasteiger partial charge in [0, 0.05) is 19.8 Å². The first-order chi connectivity index (χ1) is 7.35. The fraction of sp³-hybridized carbons (Fsp3) is 1.00. The van der Waals surface area contributed by atoms with Crippen LogP contribution in [0.25, 0.3) is 0 Å². The number of rotatable bonds is 11. The lowest BCUT2D eigenvalue weighted by atomic mass is 10.1. The molecule has 0 amide bonds. The Morgan fingerprint density at radius 2 is 1.73 bits per heavy atom. The summed E-state index contributed by atoms with van der Waals surface area (Å²) >= 11 is 0. The van der Waals surface area contributed by atoms with Crippen molar-refractivity contribution in [2.24, 2.45) is 0 Å². The number of hydrogen-bond donors (Lipinski definition) is 0. The first kappa shape index (κ1) is 14.9. The normalized spacial score (nSPS) is 13.0. The minimum absolute atomic E-state index is 0.471. The summed E-state index contributed by atoms with van der Waals surface area (Å²) < 4.78 is 11.1. The van der Waals surface area contributed by atoms with Crippen molar-refractivity contribution in [3.63, 3.8) is 0 Å². The zero-order chi connectivity index (χ0) is 11.4. The molecule has 92 valence electrons. The summed E-state index contributed by atoms with van der Waals surface area (Å²) in [7, 11) is 0. The Morgan fingerprint density at radius 3 is 2.33 bits per heavy atom. The lowest BCUT2D eigenvalue weighted by Crippen LogP contribution is -2.12. The van der Waals surface area contributed by atoms with Crippen molar-refractivity contribution in [3.05, 3.63) is 0 Å². The van der Waals surface area contributed by atoms with E-state index in [0.29, 0.717) is 6.10 Å². The number of unbranched alkanes of at least 4 members (excludes halogenated alkanes) is 2. The van der Waals surface area contributed by atoms with Crippen LogP contribution in [-0.4, -0.2) is 25.9 Å². The van der Waals surface area contributed by atoms with Crippen LogP contribution in [0.3, 0.4) is 0 Å². The third kappa shape index (κ3) is 10.2. The van der Waals surface area contributed by atoms with Crippen LogP contribution in [0.1, 0.15) is 59.3 Å². The molecule has 0 bridgehead atoms. The van der Waals surface area contributed by atoms with Gasteiger partial charge in [0.05, 0.1) is 6.10 Å². The summed E-state index contributed by atoms with van der Waals surface area (Å²) in [4.78, 5) is 0. The maximum Gasteiger partial charge on any atom is 0.0572 e. The van der Waals surface area contributed by atoms with Crippen LogP contribution >= 0.6 is 0 Å². The lowest BCUT2D eigenvalue weighted by Gasteiger charge is -2.15. The van der Waals surface area contributed by atoms with E-state index in [-0.39, 0.29) is 0 Å². The standard InChI is InChI=1S/C13H28O2/c1-4-7-12-15-13(5-2)10-8-9-11-14-6-3/h13H,4-12H2,1-3H3. The highest BCUT2D eigenvalue weighted by atomic mass is 16.5. The van der Waals surface area contributed by atoms with Gasteiger partial charge in [0.1, 0.15) is 0 Å². The smallest absolute Gasteiger partial charge is 0.0572 e. The van der Waals surface area contributed by atoms with Crippen molar-refractivity contribution in [1.82, 2.24) is 0 Å². The second-order valence-corrected chi connectivity index (χ2v) is 3.95. The topological polar surface area (TPSA) is 18.5 Å². The SMILES string of the molecule is CCCCOC(CC)CCCCOCC. The quantitative estimate of drug-likeness (QED) is 0.489. The van der Waals surface area contributed by atoms with E-state index in [1.165, 1.54) is 32.1 Å². The van der Waals surface area contributed by atoms with Gasteiger partial charge in [0.2, 0.25) is 0 Å². The van der Waals surface area contributed by atoms with Gasteiger partial charge in [-0.1, -0.05) is 20.3 Å². The largest absolute Gasteiger partial charge is 0.382 e. The summed E-state index contributed by atoms with van der Waals surface area (Å²) in [6.45, 7) is 9.13. The van der Waals surface area contributed by atoms with E-state index >= 15 is 0 Å². The fourth-order valence-electron chi connectivity index (χ4n) is 1.52. The Bertz CT molecular complexity index is 115. The van der Waals surface area contributed by atoms with Crippen molar-refractivity contribution < 1.29 is 9.47 Å². The van der Waals surface area contributed by atoms with Crippen LogP contribution in [0.4, 0.5) is 0 Å². The van der Waals surface area contributed by atoms with E-state index in [0.717, 1.165) is 26.2 Å². The molecule has 0 radical (unpaired) electrons. The first-order valence-corrected chi connectivity index (χ1v) is 6.54. The molecule has 0 heterocycles. The molecular formula is C13H28O2. The van der Waals surface area contributed by atoms with Gasteiger partial charge in [-0.25, -0.2) is 0 Å². The third-order valence-electron chi connectivity index (χ3n) is 2.58. The van der Waals surface area contributed by atoms with Crippen LogP contribution in [-0.2, 0) is 9.47 Å². The predicted octanol–water partition coefficient (Wildman–Crippen LogP) is 3.79. The minimum atomic E-state index is 0.471. The highest BCUT2D eigenvalue weighted by Crippen LogP contribution is 2.09. The third-order valence-corrected chi connectivity index (χ3v) is 2.58. The highest BCUT2D eigenvalue weighted by Gasteiger charge is 2.05. The zero-order valence-corrected chi connectivity index (χ0v) is 10.8. The summed E-state index contributed by atoms with van der Waals surface area (Å²) in [5.74, 6) is 0. The minimum Gasteiger partial charge on any atom is -0.382 e. The zero-order valence-electron chi connectivity index (χ0n) is 10.8. The summed E-state index contributed by atoms with van der Waals surface area (Å²) in [6.07, 6.45) is 7.60. The average Bonchev–Trinajstić information content (AvgIpc) is 2.26. The van der Waals surface area contributed by atoms with Crippen LogP contribution in [0.2, 0.25) is 0 Å². The summed E-state index contributed by atoms with van der Waals surface area (Å²) in [6, 6.07) is 0. The van der Waals surface area contributed by atoms with Crippen molar-refractivity contribution >= 4 is 0 Å². The number of hydrogen-bond acceptors (Lipinski definition) is 2. The molecule has 0 aliphatic carbocycles. The molecule has 0 fully saturated rings. The maximum absolute atomic E-state index is 5.80. The Balaban J connectivity index is 3.28. The fourth-order valence-corrected chi connectivity index (χ4v) is 1.52. The molecule has 0 aliphatic heterocycles. The van der Waals surface area contributed by atoms with Gasteiger partial charge in [0.15, 0.2) is 0 Å². The van der Waals surface area contributed by atoms with Gasteiger partial charge in [-0.2, -0.15) is 0 Å². The monoisotopic (exact) mass is 216 g/mol. The highest BCUT2D eigenvalue weighted by molar-refractivity contribution is 4.56. The second kappa shape index (κ2) is 12.0. The second-order valence-electron chi connectivity index (χ2n) is 3.95. The molecule has 0 aromatic rings. The van der Waals surface area contributed by atoms with E-state index in [1.807, 2.05) is 6.92 Å². The molecule has 0 rings (SSSR count). The summed E-state index contributed by atoms with van der Waals surface area (Å²) in [5.41, 5.74) is 0. The molecule has 0 aromatic carbocycles. The van der Waals surface area contributed by atoms with E-state index in [4.69, 9.17) is 9.47 Å². The molecule has 2 heteroatoms. The van der Waals surface area contributed by atoms with Crippen molar-refractivity contribution in [2.75, 3.05) is 19.8 Å². The van der Waals surface area contributed by atoms with Gasteiger partial charge in [-0.15, -0.1) is 0 Å². The first-order valence-electron chi connectivity index (χ1n) is 6.54. The van der Waals surface area contributed by atoms with Crippen LogP contribution in [0, 0.1) is 0 Å². The molecule has 0 saturated heterocycles. The van der Waals surface area contributed by atoms with Gasteiger partial charge in [-0.05, 0) is 39.0 Å². The molecule has 0 aliphatic rings. The van der Waals surface area contributed by atoms with Gasteiger partial charge >= 0.3 is 0 Å².